The van der Waals surface area contributed by atoms with Crippen LogP contribution in [0.15, 0.2) is 22.6 Å². The number of hydrogen-bond donors (Lipinski definition) is 2. The molecule has 1 aliphatic rings. The summed E-state index contributed by atoms with van der Waals surface area (Å²) in [5, 5.41) is 5.83. The van der Waals surface area contributed by atoms with Gasteiger partial charge in [-0.25, -0.2) is 4.98 Å². The van der Waals surface area contributed by atoms with Crippen molar-refractivity contribution >= 4 is 22.7 Å². The third kappa shape index (κ3) is 3.09. The maximum atomic E-state index is 12.6. The molecule has 0 atom stereocenters. The number of ether oxygens (including phenoxy) is 1. The minimum absolute atomic E-state index is 0.00338. The van der Waals surface area contributed by atoms with Gasteiger partial charge in [0.1, 0.15) is 11.1 Å². The number of halogens is 3. The number of fused-ring (bicyclic) bond motifs is 1. The number of methoxy groups -OCH3 is 1. The highest BCUT2D eigenvalue weighted by Crippen LogP contribution is 2.32. The Hall–Kier alpha value is -2.13. The molecule has 3 rings (SSSR count). The van der Waals surface area contributed by atoms with Crippen LogP contribution in [0.25, 0.3) is 11.1 Å². The number of amides is 1. The fourth-order valence-electron chi connectivity index (χ4n) is 2.73. The molecule has 9 heteroatoms. The van der Waals surface area contributed by atoms with E-state index < -0.39 is 17.7 Å². The first kappa shape index (κ1) is 16.7. The molecule has 1 saturated heterocycles. The van der Waals surface area contributed by atoms with Crippen molar-refractivity contribution < 1.29 is 27.1 Å². The molecule has 1 amide bonds. The topological polar surface area (TPSA) is 76.4 Å². The predicted molar refractivity (Wildman–Crippen MR) is 79.5 cm³/mol. The predicted octanol–water partition coefficient (Wildman–Crippen LogP) is 2.55. The molecule has 24 heavy (non-hydrogen) atoms. The molecule has 0 radical (unpaired) electrons. The zero-order valence-electron chi connectivity index (χ0n) is 12.9. The Morgan fingerprint density at radius 1 is 1.38 bits per heavy atom. The van der Waals surface area contributed by atoms with E-state index in [0.29, 0.717) is 31.6 Å². The summed E-state index contributed by atoms with van der Waals surface area (Å²) >= 11 is 0. The Kier molecular flexibility index (Phi) is 4.22. The second kappa shape index (κ2) is 6.06. The number of piperidine rings is 1. The van der Waals surface area contributed by atoms with Gasteiger partial charge in [0.2, 0.25) is 0 Å². The fraction of sp³-hybridized carbons (Fsp3) is 0.467. The summed E-state index contributed by atoms with van der Waals surface area (Å²) in [6.45, 7) is 1.30. The van der Waals surface area contributed by atoms with Crippen LogP contribution in [0.2, 0.25) is 0 Å². The zero-order chi connectivity index (χ0) is 17.4. The molecule has 2 heterocycles. The van der Waals surface area contributed by atoms with E-state index in [2.05, 4.69) is 20.0 Å². The Labute approximate surface area is 135 Å². The third-order valence-electron chi connectivity index (χ3n) is 4.10. The second-order valence-corrected chi connectivity index (χ2v) is 5.60. The number of alkyl halides is 3. The maximum Gasteiger partial charge on any atom is 0.468 e. The number of nitrogens with zero attached hydrogens (tertiary/aromatic N) is 1. The van der Waals surface area contributed by atoms with Gasteiger partial charge in [0.25, 0.3) is 5.91 Å². The zero-order valence-corrected chi connectivity index (χ0v) is 12.9. The molecular formula is C15H16F3N3O3. The molecule has 0 aliphatic carbocycles. The third-order valence-corrected chi connectivity index (χ3v) is 4.10. The highest BCUT2D eigenvalue weighted by Gasteiger charge is 2.40. The van der Waals surface area contributed by atoms with Crippen molar-refractivity contribution in [3.8, 4) is 0 Å². The van der Waals surface area contributed by atoms with Gasteiger partial charge in [-0.15, -0.1) is 0 Å². The Morgan fingerprint density at radius 2 is 2.08 bits per heavy atom. The van der Waals surface area contributed by atoms with Crippen LogP contribution in [0.5, 0.6) is 0 Å². The van der Waals surface area contributed by atoms with Crippen LogP contribution in [0.1, 0.15) is 18.7 Å². The fourth-order valence-corrected chi connectivity index (χ4v) is 2.73. The monoisotopic (exact) mass is 343 g/mol. The van der Waals surface area contributed by atoms with Gasteiger partial charge in [-0.05, 0) is 44.1 Å². The van der Waals surface area contributed by atoms with Gasteiger partial charge < -0.3 is 19.8 Å². The first-order valence-electron chi connectivity index (χ1n) is 7.39. The van der Waals surface area contributed by atoms with E-state index >= 15 is 0 Å². The van der Waals surface area contributed by atoms with E-state index in [0.717, 1.165) is 0 Å². The normalized spacial score (nSPS) is 17.8. The summed E-state index contributed by atoms with van der Waals surface area (Å²) in [5.41, 5.74) is -0.578. The summed E-state index contributed by atoms with van der Waals surface area (Å²) in [4.78, 5) is 16.0. The second-order valence-electron chi connectivity index (χ2n) is 5.60. The summed E-state index contributed by atoms with van der Waals surface area (Å²) in [5.74, 6) is -1.64. The SMILES string of the molecule is COC1(C(=O)Nc2ccc3oc(C(F)(F)F)nc3c2)CCNCC1. The smallest absolute Gasteiger partial charge is 0.433 e. The van der Waals surface area contributed by atoms with Crippen molar-refractivity contribution in [2.45, 2.75) is 24.6 Å². The molecular weight excluding hydrogens is 327 g/mol. The van der Waals surface area contributed by atoms with Gasteiger partial charge in [0, 0.05) is 12.8 Å². The van der Waals surface area contributed by atoms with E-state index in [4.69, 9.17) is 4.74 Å². The average molecular weight is 343 g/mol. The van der Waals surface area contributed by atoms with E-state index in [1.54, 1.807) is 0 Å². The maximum absolute atomic E-state index is 12.6. The Balaban J connectivity index is 1.83. The van der Waals surface area contributed by atoms with Gasteiger partial charge in [-0.3, -0.25) is 4.79 Å². The molecule has 6 nitrogen and oxygen atoms in total. The van der Waals surface area contributed by atoms with Crippen molar-refractivity contribution in [1.82, 2.24) is 10.3 Å². The van der Waals surface area contributed by atoms with Gasteiger partial charge in [-0.1, -0.05) is 0 Å². The standard InChI is InChI=1S/C15H16F3N3O3/c1-23-14(4-6-19-7-5-14)12(22)20-9-2-3-11-10(8-9)21-13(24-11)15(16,17)18/h2-3,8,19H,4-7H2,1H3,(H,20,22). The van der Waals surface area contributed by atoms with Crippen LogP contribution in [0.3, 0.4) is 0 Å². The number of carbonyl (C=O) groups is 1. The first-order chi connectivity index (χ1) is 11.3. The lowest BCUT2D eigenvalue weighted by atomic mass is 9.91. The van der Waals surface area contributed by atoms with E-state index in [1.165, 1.54) is 25.3 Å². The number of hydrogen-bond acceptors (Lipinski definition) is 5. The van der Waals surface area contributed by atoms with Crippen LogP contribution in [0, 0.1) is 0 Å². The van der Waals surface area contributed by atoms with Crippen LogP contribution in [-0.4, -0.2) is 36.7 Å². The largest absolute Gasteiger partial charge is 0.468 e. The Morgan fingerprint density at radius 3 is 2.71 bits per heavy atom. The summed E-state index contributed by atoms with van der Waals surface area (Å²) in [6.07, 6.45) is -3.63. The highest BCUT2D eigenvalue weighted by molar-refractivity contribution is 5.98. The molecule has 1 fully saturated rings. The lowest BCUT2D eigenvalue weighted by Crippen LogP contribution is -2.51. The lowest BCUT2D eigenvalue weighted by Gasteiger charge is -2.34. The molecule has 0 saturated carbocycles. The summed E-state index contributed by atoms with van der Waals surface area (Å²) < 4.78 is 48.0. The van der Waals surface area contributed by atoms with E-state index in [9.17, 15) is 18.0 Å². The molecule has 0 spiro atoms. The van der Waals surface area contributed by atoms with Gasteiger partial charge in [0.15, 0.2) is 5.58 Å². The molecule has 1 aromatic carbocycles. The van der Waals surface area contributed by atoms with Gasteiger partial charge in [-0.2, -0.15) is 13.2 Å². The van der Waals surface area contributed by atoms with Crippen molar-refractivity contribution in [3.63, 3.8) is 0 Å². The summed E-state index contributed by atoms with van der Waals surface area (Å²) in [7, 11) is 1.47. The van der Waals surface area contributed by atoms with E-state index in [-0.39, 0.29) is 17.0 Å². The van der Waals surface area contributed by atoms with Crippen molar-refractivity contribution in [2.24, 2.45) is 0 Å². The number of rotatable bonds is 3. The lowest BCUT2D eigenvalue weighted by molar-refractivity contribution is -0.156. The number of carbonyl (C=O) groups excluding carboxylic acids is 1. The van der Waals surface area contributed by atoms with E-state index in [1.807, 2.05) is 0 Å². The summed E-state index contributed by atoms with van der Waals surface area (Å²) in [6, 6.07) is 4.15. The number of benzene rings is 1. The average Bonchev–Trinajstić information content (AvgIpc) is 2.99. The van der Waals surface area contributed by atoms with Crippen molar-refractivity contribution in [3.05, 3.63) is 24.1 Å². The number of oxazole rings is 1. The molecule has 1 aromatic heterocycles. The van der Waals surface area contributed by atoms with Gasteiger partial charge in [0.05, 0.1) is 0 Å². The molecule has 0 unspecified atom stereocenters. The molecule has 2 aromatic rings. The highest BCUT2D eigenvalue weighted by atomic mass is 19.4. The quantitative estimate of drug-likeness (QED) is 0.896. The Bertz CT molecular complexity index is 751. The first-order valence-corrected chi connectivity index (χ1v) is 7.39. The molecule has 130 valence electrons. The minimum Gasteiger partial charge on any atom is -0.433 e. The van der Waals surface area contributed by atoms with Crippen molar-refractivity contribution in [2.75, 3.05) is 25.5 Å². The number of anilines is 1. The van der Waals surface area contributed by atoms with Crippen LogP contribution < -0.4 is 10.6 Å². The van der Waals surface area contributed by atoms with Gasteiger partial charge >= 0.3 is 12.1 Å². The van der Waals surface area contributed by atoms with Crippen molar-refractivity contribution in [1.29, 1.82) is 0 Å². The molecule has 2 N–H and O–H groups in total. The minimum atomic E-state index is -4.66. The van der Waals surface area contributed by atoms with Crippen LogP contribution in [0.4, 0.5) is 18.9 Å². The number of nitrogens with one attached hydrogen (secondary N) is 2. The van der Waals surface area contributed by atoms with Crippen LogP contribution in [-0.2, 0) is 15.7 Å². The number of aromatic nitrogens is 1. The van der Waals surface area contributed by atoms with Crippen LogP contribution >= 0.6 is 0 Å². The molecule has 0 bridgehead atoms. The molecule has 1 aliphatic heterocycles.